The first-order chi connectivity index (χ1) is 11.1. The maximum atomic E-state index is 13.0. The molecule has 3 rings (SSSR count). The van der Waals surface area contributed by atoms with Crippen molar-refractivity contribution in [3.05, 3.63) is 52.8 Å². The highest BCUT2D eigenvalue weighted by Crippen LogP contribution is 2.21. The van der Waals surface area contributed by atoms with Gasteiger partial charge in [0.25, 0.3) is 5.91 Å². The van der Waals surface area contributed by atoms with Crippen molar-refractivity contribution in [2.24, 2.45) is 5.92 Å². The lowest BCUT2D eigenvalue weighted by Gasteiger charge is -2.28. The number of rotatable bonds is 4. The SMILES string of the molecule is CCn1nc(CC(C)C)cc1C(=O)N1CCc2ccccc2C1. The molecule has 0 aliphatic carbocycles. The standard InChI is InChI=1S/C19H25N3O/c1-4-22-18(12-17(20-22)11-14(2)3)19(23)21-10-9-15-7-5-6-8-16(15)13-21/h5-8,12,14H,4,9-11,13H2,1-3H3. The van der Waals surface area contributed by atoms with Gasteiger partial charge in [0, 0.05) is 19.6 Å². The minimum absolute atomic E-state index is 0.101. The number of aryl methyl sites for hydroxylation is 1. The van der Waals surface area contributed by atoms with Crippen LogP contribution < -0.4 is 0 Å². The van der Waals surface area contributed by atoms with E-state index in [9.17, 15) is 4.79 Å². The van der Waals surface area contributed by atoms with E-state index in [0.29, 0.717) is 12.5 Å². The predicted octanol–water partition coefficient (Wildman–Crippen LogP) is 3.30. The largest absolute Gasteiger partial charge is 0.333 e. The Morgan fingerprint density at radius 1 is 1.26 bits per heavy atom. The molecule has 0 radical (unpaired) electrons. The van der Waals surface area contributed by atoms with Crippen molar-refractivity contribution in [3.8, 4) is 0 Å². The molecule has 0 N–H and O–H groups in total. The van der Waals surface area contributed by atoms with E-state index in [1.54, 1.807) is 0 Å². The van der Waals surface area contributed by atoms with E-state index in [0.717, 1.165) is 37.3 Å². The van der Waals surface area contributed by atoms with Gasteiger partial charge in [-0.05, 0) is 42.9 Å². The molecule has 0 fully saturated rings. The maximum Gasteiger partial charge on any atom is 0.272 e. The van der Waals surface area contributed by atoms with Crippen molar-refractivity contribution in [1.29, 1.82) is 0 Å². The van der Waals surface area contributed by atoms with Crippen LogP contribution in [0.1, 0.15) is 48.1 Å². The number of amides is 1. The van der Waals surface area contributed by atoms with Gasteiger partial charge >= 0.3 is 0 Å². The molecule has 1 aliphatic rings. The molecule has 0 unspecified atom stereocenters. The van der Waals surface area contributed by atoms with Crippen LogP contribution >= 0.6 is 0 Å². The summed E-state index contributed by atoms with van der Waals surface area (Å²) in [5.74, 6) is 0.642. The van der Waals surface area contributed by atoms with Gasteiger partial charge in [0.15, 0.2) is 0 Å². The van der Waals surface area contributed by atoms with Crippen LogP contribution in [-0.4, -0.2) is 27.1 Å². The molecule has 0 saturated carbocycles. The van der Waals surface area contributed by atoms with Crippen LogP contribution in [0.5, 0.6) is 0 Å². The van der Waals surface area contributed by atoms with Gasteiger partial charge in [-0.15, -0.1) is 0 Å². The van der Waals surface area contributed by atoms with Gasteiger partial charge in [-0.3, -0.25) is 9.48 Å². The quantitative estimate of drug-likeness (QED) is 0.869. The van der Waals surface area contributed by atoms with Crippen molar-refractivity contribution in [1.82, 2.24) is 14.7 Å². The van der Waals surface area contributed by atoms with Gasteiger partial charge in [-0.2, -0.15) is 5.10 Å². The van der Waals surface area contributed by atoms with Gasteiger partial charge in [-0.25, -0.2) is 0 Å². The maximum absolute atomic E-state index is 13.0. The average molecular weight is 311 g/mol. The van der Waals surface area contributed by atoms with Gasteiger partial charge < -0.3 is 4.90 Å². The van der Waals surface area contributed by atoms with Crippen molar-refractivity contribution in [2.45, 2.75) is 46.7 Å². The molecule has 2 heterocycles. The fourth-order valence-corrected chi connectivity index (χ4v) is 3.23. The molecule has 122 valence electrons. The predicted molar refractivity (Wildman–Crippen MR) is 91.3 cm³/mol. The summed E-state index contributed by atoms with van der Waals surface area (Å²) in [5.41, 5.74) is 4.36. The molecular formula is C19H25N3O. The number of carbonyl (C=O) groups is 1. The first-order valence-electron chi connectivity index (χ1n) is 8.51. The van der Waals surface area contributed by atoms with Crippen LogP contribution in [0, 0.1) is 5.92 Å². The number of hydrogen-bond acceptors (Lipinski definition) is 2. The molecule has 23 heavy (non-hydrogen) atoms. The minimum atomic E-state index is 0.101. The van der Waals surface area contributed by atoms with E-state index < -0.39 is 0 Å². The Labute approximate surface area is 138 Å². The summed E-state index contributed by atoms with van der Waals surface area (Å²) >= 11 is 0. The number of nitrogens with zero attached hydrogens (tertiary/aromatic N) is 3. The summed E-state index contributed by atoms with van der Waals surface area (Å²) in [6.07, 6.45) is 1.84. The zero-order valence-corrected chi connectivity index (χ0v) is 14.2. The van der Waals surface area contributed by atoms with Crippen molar-refractivity contribution in [2.75, 3.05) is 6.54 Å². The minimum Gasteiger partial charge on any atom is -0.333 e. The highest BCUT2D eigenvalue weighted by molar-refractivity contribution is 5.92. The lowest BCUT2D eigenvalue weighted by Crippen LogP contribution is -2.37. The van der Waals surface area contributed by atoms with Gasteiger partial charge in [0.1, 0.15) is 5.69 Å². The Hall–Kier alpha value is -2.10. The summed E-state index contributed by atoms with van der Waals surface area (Å²) in [7, 11) is 0. The van der Waals surface area contributed by atoms with Crippen molar-refractivity contribution >= 4 is 5.91 Å². The fourth-order valence-electron chi connectivity index (χ4n) is 3.23. The van der Waals surface area contributed by atoms with Gasteiger partial charge in [0.05, 0.1) is 5.69 Å². The second-order valence-corrected chi connectivity index (χ2v) is 6.68. The average Bonchev–Trinajstić information content (AvgIpc) is 2.95. The summed E-state index contributed by atoms with van der Waals surface area (Å²) in [5, 5.41) is 4.60. The molecule has 4 heteroatoms. The lowest BCUT2D eigenvalue weighted by molar-refractivity contribution is 0.0722. The Morgan fingerprint density at radius 2 is 2.00 bits per heavy atom. The number of fused-ring (bicyclic) bond motifs is 1. The van der Waals surface area contributed by atoms with Crippen LogP contribution in [0.4, 0.5) is 0 Å². The molecule has 0 spiro atoms. The number of benzene rings is 1. The third-order valence-corrected chi connectivity index (χ3v) is 4.38. The molecule has 1 amide bonds. The molecule has 1 aromatic heterocycles. The molecular weight excluding hydrogens is 286 g/mol. The normalized spacial score (nSPS) is 14.2. The Balaban J connectivity index is 1.82. The highest BCUT2D eigenvalue weighted by atomic mass is 16.2. The number of aromatic nitrogens is 2. The van der Waals surface area contributed by atoms with Crippen LogP contribution in [0.15, 0.2) is 30.3 Å². The second kappa shape index (κ2) is 6.57. The third-order valence-electron chi connectivity index (χ3n) is 4.38. The smallest absolute Gasteiger partial charge is 0.272 e. The van der Waals surface area contributed by atoms with Crippen molar-refractivity contribution in [3.63, 3.8) is 0 Å². The van der Waals surface area contributed by atoms with E-state index in [1.165, 1.54) is 11.1 Å². The fraction of sp³-hybridized carbons (Fsp3) is 0.474. The monoisotopic (exact) mass is 311 g/mol. The Morgan fingerprint density at radius 3 is 2.70 bits per heavy atom. The van der Waals surface area contributed by atoms with Crippen LogP contribution in [-0.2, 0) is 25.9 Å². The zero-order chi connectivity index (χ0) is 16.4. The molecule has 1 aliphatic heterocycles. The van der Waals surface area contributed by atoms with Crippen LogP contribution in [0.3, 0.4) is 0 Å². The van der Waals surface area contributed by atoms with Crippen LogP contribution in [0.2, 0.25) is 0 Å². The molecule has 0 atom stereocenters. The van der Waals surface area contributed by atoms with E-state index >= 15 is 0 Å². The van der Waals surface area contributed by atoms with Crippen LogP contribution in [0.25, 0.3) is 0 Å². The lowest BCUT2D eigenvalue weighted by atomic mass is 9.99. The third kappa shape index (κ3) is 3.31. The Kier molecular flexibility index (Phi) is 4.51. The van der Waals surface area contributed by atoms with Crippen molar-refractivity contribution < 1.29 is 4.79 Å². The molecule has 4 nitrogen and oxygen atoms in total. The summed E-state index contributed by atoms with van der Waals surface area (Å²) in [6, 6.07) is 10.4. The van der Waals surface area contributed by atoms with E-state index in [4.69, 9.17) is 0 Å². The number of hydrogen-bond donors (Lipinski definition) is 0. The first kappa shape index (κ1) is 15.8. The molecule has 0 saturated heterocycles. The van der Waals surface area contributed by atoms with Gasteiger partial charge in [0.2, 0.25) is 0 Å². The molecule has 1 aromatic carbocycles. The zero-order valence-electron chi connectivity index (χ0n) is 14.2. The van der Waals surface area contributed by atoms with E-state index in [2.05, 4.69) is 37.1 Å². The molecule has 0 bridgehead atoms. The molecule has 2 aromatic rings. The van der Waals surface area contributed by atoms with E-state index in [1.807, 2.05) is 28.6 Å². The first-order valence-corrected chi connectivity index (χ1v) is 8.51. The Bertz CT molecular complexity index is 702. The summed E-state index contributed by atoms with van der Waals surface area (Å²) in [6.45, 7) is 8.59. The summed E-state index contributed by atoms with van der Waals surface area (Å²) in [4.78, 5) is 14.9. The van der Waals surface area contributed by atoms with E-state index in [-0.39, 0.29) is 5.91 Å². The van der Waals surface area contributed by atoms with Gasteiger partial charge in [-0.1, -0.05) is 38.1 Å². The second-order valence-electron chi connectivity index (χ2n) is 6.68. The highest BCUT2D eigenvalue weighted by Gasteiger charge is 2.24. The number of carbonyl (C=O) groups excluding carboxylic acids is 1. The topological polar surface area (TPSA) is 38.1 Å². The summed E-state index contributed by atoms with van der Waals surface area (Å²) < 4.78 is 1.85.